The zero-order valence-corrected chi connectivity index (χ0v) is 29.8. The van der Waals surface area contributed by atoms with E-state index in [0.29, 0.717) is 18.4 Å². The molecule has 3 N–H and O–H groups in total. The highest BCUT2D eigenvalue weighted by Gasteiger charge is 2.44. The fourth-order valence-corrected chi connectivity index (χ4v) is 8.62. The number of para-hydroxylation sites is 1. The fourth-order valence-electron chi connectivity index (χ4n) is 7.29. The van der Waals surface area contributed by atoms with Gasteiger partial charge in [0.25, 0.3) is 0 Å². The Morgan fingerprint density at radius 1 is 0.958 bits per heavy atom. The molecule has 48 heavy (non-hydrogen) atoms. The van der Waals surface area contributed by atoms with Crippen molar-refractivity contribution in [1.82, 2.24) is 0 Å². The smallest absolute Gasteiger partial charge is 0.378 e. The van der Waals surface area contributed by atoms with Gasteiger partial charge in [-0.05, 0) is 84.9 Å². The maximum Gasteiger partial charge on any atom is 0.378 e. The van der Waals surface area contributed by atoms with Gasteiger partial charge in [0.15, 0.2) is 12.3 Å². The molecule has 0 bridgehead atoms. The quantitative estimate of drug-likeness (QED) is 0.152. The van der Waals surface area contributed by atoms with Gasteiger partial charge in [-0.2, -0.15) is 13.0 Å². The molecule has 3 aromatic carbocycles. The minimum Gasteiger partial charge on any atom is -0.744 e. The second-order valence-corrected chi connectivity index (χ2v) is 17.1. The molecule has 0 saturated carbocycles. The van der Waals surface area contributed by atoms with Crippen LogP contribution in [0.4, 0.5) is 11.4 Å². The molecule has 8 nitrogen and oxygen atoms in total. The molecule has 3 aromatic rings. The first-order chi connectivity index (χ1) is 22.5. The molecule has 0 fully saturated rings. The van der Waals surface area contributed by atoms with E-state index in [1.165, 1.54) is 17.7 Å². The lowest BCUT2D eigenvalue weighted by Gasteiger charge is -2.22. The molecule has 0 unspecified atom stereocenters. The Balaban J connectivity index is 1.31. The van der Waals surface area contributed by atoms with E-state index in [9.17, 15) is 21.4 Å². The number of rotatable bonds is 8. The monoisotopic (exact) mass is 707 g/mol. The molecule has 252 valence electrons. The van der Waals surface area contributed by atoms with Gasteiger partial charge >= 0.3 is 10.1 Å². The molecule has 0 spiro atoms. The Labute approximate surface area is 287 Å². The Morgan fingerprint density at radius 3 is 2.44 bits per heavy atom. The highest BCUT2D eigenvalue weighted by atomic mass is 35.5. The maximum atomic E-state index is 11.6. The average Bonchev–Trinajstić information content (AvgIpc) is 3.40. The lowest BCUT2D eigenvalue weighted by Crippen LogP contribution is -2.28. The molecule has 11 heteroatoms. The van der Waals surface area contributed by atoms with E-state index in [1.807, 2.05) is 24.3 Å². The number of nitrogens with one attached hydrogen (secondary N) is 1. The van der Waals surface area contributed by atoms with Crippen molar-refractivity contribution in [2.24, 2.45) is 0 Å². The lowest BCUT2D eigenvalue weighted by atomic mass is 9.81. The van der Waals surface area contributed by atoms with Crippen molar-refractivity contribution in [2.45, 2.75) is 69.1 Å². The molecule has 1 aliphatic carbocycles. The number of halogens is 1. The summed E-state index contributed by atoms with van der Waals surface area (Å²) >= 11 is 7.07. The molecule has 0 atom stereocenters. The fraction of sp³-hybridized carbons (Fsp3) is 0.324. The maximum absolute atomic E-state index is 11.6. The molecule has 0 radical (unpaired) electrons. The number of hydrogen-bond acceptors (Lipinski definition) is 6. The van der Waals surface area contributed by atoms with E-state index in [4.69, 9.17) is 16.2 Å². The third-order valence-electron chi connectivity index (χ3n) is 9.79. The third-order valence-corrected chi connectivity index (χ3v) is 11.9. The van der Waals surface area contributed by atoms with Gasteiger partial charge < -0.3 is 14.4 Å². The van der Waals surface area contributed by atoms with Gasteiger partial charge in [0.2, 0.25) is 5.69 Å². The standard InChI is InChI=1S/C37H39ClN2O6S2/c1-36(2)29-11-5-6-12-31(29)40(21-8-22-47(41,42)43)33(36)20-15-25-10-7-9-24(35(25)38)14-19-32-37(3,4)34-28-17-16-27(48(44,45)46)23-26(28)13-18-30(34)39-32/h5-6,11-20,23H,7-10,21-22H2,1-4H3,(H2,41,42,43,44,45,46)/p+1. The lowest BCUT2D eigenvalue weighted by molar-refractivity contribution is -0.437. The van der Waals surface area contributed by atoms with E-state index in [2.05, 4.69) is 74.0 Å². The number of allylic oxidation sites excluding steroid dienone is 8. The molecular weight excluding hydrogens is 668 g/mol. The number of fused-ring (bicyclic) bond motifs is 4. The molecule has 6 rings (SSSR count). The van der Waals surface area contributed by atoms with Crippen LogP contribution in [0, 0.1) is 0 Å². The van der Waals surface area contributed by atoms with Crippen LogP contribution in [-0.2, 0) is 31.1 Å². The van der Waals surface area contributed by atoms with Crippen LogP contribution < -0.4 is 5.32 Å². The second kappa shape index (κ2) is 12.4. The third kappa shape index (κ3) is 6.44. The molecule has 0 aromatic heterocycles. The summed E-state index contributed by atoms with van der Waals surface area (Å²) in [5.74, 6) is -0.191. The average molecular weight is 708 g/mol. The number of hydrogen-bond donors (Lipinski definition) is 1. The first-order valence-electron chi connectivity index (χ1n) is 16.0. The normalized spacial score (nSPS) is 20.6. The van der Waals surface area contributed by atoms with Gasteiger partial charge in [0.1, 0.15) is 15.9 Å². The molecule has 0 amide bonds. The zero-order valence-electron chi connectivity index (χ0n) is 27.4. The highest BCUT2D eigenvalue weighted by molar-refractivity contribution is 7.86. The SMILES string of the molecule is CC1(C)C(/C=C/C2=C(Cl)C(=C/C=C3\Nc4ccc5cc(S(=O)(=O)[O-])ccc5c4C3(C)C)/CCC2)=[N+](CCCS(=O)(=O)[OH2+])c2ccccc21. The Bertz CT molecular complexity index is 2230. The van der Waals surface area contributed by atoms with Crippen molar-refractivity contribution in [3.63, 3.8) is 0 Å². The van der Waals surface area contributed by atoms with E-state index >= 15 is 0 Å². The van der Waals surface area contributed by atoms with Gasteiger partial charge in [0.05, 0.1) is 10.3 Å². The molecule has 2 heterocycles. The molecule has 3 aliphatic rings. The van der Waals surface area contributed by atoms with E-state index in [-0.39, 0.29) is 16.1 Å². The number of benzene rings is 3. The van der Waals surface area contributed by atoms with Crippen LogP contribution in [0.5, 0.6) is 0 Å². The van der Waals surface area contributed by atoms with Gasteiger partial charge in [-0.1, -0.05) is 67.9 Å². The summed E-state index contributed by atoms with van der Waals surface area (Å²) in [4.78, 5) is -0.241. The van der Waals surface area contributed by atoms with Crippen LogP contribution in [0.1, 0.15) is 64.5 Å². The van der Waals surface area contributed by atoms with Crippen LogP contribution in [0.3, 0.4) is 0 Å². The summed E-state index contributed by atoms with van der Waals surface area (Å²) < 4.78 is 67.4. The van der Waals surface area contributed by atoms with Crippen molar-refractivity contribution >= 4 is 59.7 Å². The van der Waals surface area contributed by atoms with Crippen molar-refractivity contribution in [3.05, 3.63) is 112 Å². The zero-order chi connectivity index (χ0) is 34.6. The van der Waals surface area contributed by atoms with Crippen LogP contribution in [0.25, 0.3) is 10.8 Å². The van der Waals surface area contributed by atoms with Gasteiger partial charge in [-0.3, -0.25) is 0 Å². The van der Waals surface area contributed by atoms with Crippen molar-refractivity contribution in [2.75, 3.05) is 17.6 Å². The summed E-state index contributed by atoms with van der Waals surface area (Å²) in [5, 5.41) is 5.85. The predicted octanol–water partition coefficient (Wildman–Crippen LogP) is 7.01. The van der Waals surface area contributed by atoms with E-state index in [0.717, 1.165) is 69.2 Å². The van der Waals surface area contributed by atoms with E-state index in [1.54, 1.807) is 6.07 Å². The predicted molar refractivity (Wildman–Crippen MR) is 192 cm³/mol. The van der Waals surface area contributed by atoms with Crippen LogP contribution in [0.2, 0.25) is 0 Å². The molecule has 0 saturated heterocycles. The Morgan fingerprint density at radius 2 is 1.71 bits per heavy atom. The summed E-state index contributed by atoms with van der Waals surface area (Å²) in [7, 11) is -8.36. The highest BCUT2D eigenvalue weighted by Crippen LogP contribution is 2.47. The topological polar surface area (TPSA) is 129 Å². The van der Waals surface area contributed by atoms with Crippen molar-refractivity contribution in [3.8, 4) is 0 Å². The Hall–Kier alpha value is -3.54. The molecular formula is C37H40ClN2O6S2+. The summed E-state index contributed by atoms with van der Waals surface area (Å²) in [6.45, 7) is 9.06. The van der Waals surface area contributed by atoms with Crippen LogP contribution in [0.15, 0.2) is 106 Å². The first-order valence-corrected chi connectivity index (χ1v) is 19.4. The summed E-state index contributed by atoms with van der Waals surface area (Å²) in [5.41, 5.74) is 7.59. The summed E-state index contributed by atoms with van der Waals surface area (Å²) in [6.07, 6.45) is 11.3. The second-order valence-electron chi connectivity index (χ2n) is 13.7. The minimum atomic E-state index is -4.55. The number of anilines is 1. The summed E-state index contributed by atoms with van der Waals surface area (Å²) in [6, 6.07) is 16.4. The van der Waals surface area contributed by atoms with Crippen molar-refractivity contribution < 1.29 is 30.5 Å². The van der Waals surface area contributed by atoms with Gasteiger partial charge in [0, 0.05) is 46.0 Å². The van der Waals surface area contributed by atoms with Gasteiger partial charge in [-0.25, -0.2) is 8.42 Å². The van der Waals surface area contributed by atoms with Crippen LogP contribution in [-0.4, -0.2) is 48.5 Å². The molecule has 2 aliphatic heterocycles. The Kier molecular flexibility index (Phi) is 8.87. The van der Waals surface area contributed by atoms with E-state index < -0.39 is 25.7 Å². The van der Waals surface area contributed by atoms with Crippen LogP contribution >= 0.6 is 11.6 Å². The number of nitrogens with zero attached hydrogens (tertiary/aromatic N) is 1. The largest absolute Gasteiger partial charge is 0.744 e. The van der Waals surface area contributed by atoms with Crippen molar-refractivity contribution in [1.29, 1.82) is 0 Å². The first kappa shape index (κ1) is 34.3. The van der Waals surface area contributed by atoms with Gasteiger partial charge in [-0.15, -0.1) is 0 Å². The minimum absolute atomic E-state index is 0.191.